The normalized spacial score (nSPS) is 19.3. The van der Waals surface area contributed by atoms with E-state index in [1.165, 1.54) is 38.6 Å². The topological polar surface area (TPSA) is 62.5 Å². The van der Waals surface area contributed by atoms with Crippen molar-refractivity contribution in [2.24, 2.45) is 5.92 Å². The van der Waals surface area contributed by atoms with Gasteiger partial charge in [-0.15, -0.1) is 0 Å². The maximum atomic E-state index is 12.7. The first-order chi connectivity index (χ1) is 16.5. The average molecular weight is 460 g/mol. The van der Waals surface area contributed by atoms with Gasteiger partial charge in [-0.1, -0.05) is 43.2 Å². The first-order valence-corrected chi connectivity index (χ1v) is 12.9. The number of amides is 1. The molecule has 34 heavy (non-hydrogen) atoms. The monoisotopic (exact) mass is 459 g/mol. The standard InChI is InChI=1S/C28H37N5O/c1-19-25(13-14-26(34)29-17-22-15-16-32(18-22)24-11-7-8-12-24)21(3)33-28(30-19)27(20(2)31-33)23-9-5-4-6-10-23/h4-6,9-10,22,24H,7-8,11-18H2,1-3H3,(H,29,34)/t22-/m0/s1. The van der Waals surface area contributed by atoms with Crippen molar-refractivity contribution in [3.8, 4) is 11.1 Å². The molecule has 2 aromatic heterocycles. The largest absolute Gasteiger partial charge is 0.356 e. The molecule has 6 nitrogen and oxygen atoms in total. The number of carbonyl (C=O) groups excluding carboxylic acids is 1. The molecule has 1 saturated heterocycles. The molecule has 1 aliphatic heterocycles. The molecule has 1 aliphatic carbocycles. The van der Waals surface area contributed by atoms with Crippen LogP contribution in [0.1, 0.15) is 61.2 Å². The van der Waals surface area contributed by atoms with E-state index in [1.807, 2.05) is 36.6 Å². The number of rotatable bonds is 7. The predicted molar refractivity (Wildman–Crippen MR) is 136 cm³/mol. The molecule has 1 N–H and O–H groups in total. The molecule has 0 bridgehead atoms. The summed E-state index contributed by atoms with van der Waals surface area (Å²) in [5.74, 6) is 0.731. The zero-order chi connectivity index (χ0) is 23.7. The average Bonchev–Trinajstić information content (AvgIpc) is 3.58. The summed E-state index contributed by atoms with van der Waals surface area (Å²) in [7, 11) is 0. The molecule has 2 fully saturated rings. The predicted octanol–water partition coefficient (Wildman–Crippen LogP) is 4.63. The third-order valence-electron chi connectivity index (χ3n) is 7.91. The van der Waals surface area contributed by atoms with E-state index < -0.39 is 0 Å². The Morgan fingerprint density at radius 3 is 2.59 bits per heavy atom. The number of aryl methyl sites for hydroxylation is 3. The Morgan fingerprint density at radius 1 is 1.06 bits per heavy atom. The maximum Gasteiger partial charge on any atom is 0.220 e. The van der Waals surface area contributed by atoms with Gasteiger partial charge in [0.1, 0.15) is 0 Å². The van der Waals surface area contributed by atoms with E-state index in [1.54, 1.807) is 0 Å². The van der Waals surface area contributed by atoms with Crippen LogP contribution in [-0.2, 0) is 11.2 Å². The number of benzene rings is 1. The summed E-state index contributed by atoms with van der Waals surface area (Å²) in [6.07, 6.45) is 7.86. The molecule has 2 aliphatic rings. The van der Waals surface area contributed by atoms with E-state index in [9.17, 15) is 4.79 Å². The summed E-state index contributed by atoms with van der Waals surface area (Å²) in [6.45, 7) is 9.32. The van der Waals surface area contributed by atoms with Crippen molar-refractivity contribution < 1.29 is 4.79 Å². The second-order valence-corrected chi connectivity index (χ2v) is 10.2. The van der Waals surface area contributed by atoms with Crippen LogP contribution >= 0.6 is 0 Å². The Morgan fingerprint density at radius 2 is 1.82 bits per heavy atom. The van der Waals surface area contributed by atoms with Crippen LogP contribution in [0.3, 0.4) is 0 Å². The van der Waals surface area contributed by atoms with Gasteiger partial charge < -0.3 is 10.2 Å². The maximum absolute atomic E-state index is 12.7. The lowest BCUT2D eigenvalue weighted by Gasteiger charge is -2.23. The fourth-order valence-electron chi connectivity index (χ4n) is 5.99. The van der Waals surface area contributed by atoms with Gasteiger partial charge in [-0.05, 0) is 70.0 Å². The molecule has 0 unspecified atom stereocenters. The zero-order valence-corrected chi connectivity index (χ0v) is 20.8. The van der Waals surface area contributed by atoms with Crippen LogP contribution in [0, 0.1) is 26.7 Å². The van der Waals surface area contributed by atoms with Crippen molar-refractivity contribution in [1.29, 1.82) is 0 Å². The molecule has 1 aromatic carbocycles. The van der Waals surface area contributed by atoms with E-state index in [-0.39, 0.29) is 5.91 Å². The molecule has 0 radical (unpaired) electrons. The Hall–Kier alpha value is -2.73. The summed E-state index contributed by atoms with van der Waals surface area (Å²) in [5.41, 5.74) is 7.25. The highest BCUT2D eigenvalue weighted by Gasteiger charge is 2.30. The molecule has 5 rings (SSSR count). The van der Waals surface area contributed by atoms with Crippen LogP contribution in [-0.4, -0.2) is 51.1 Å². The second-order valence-electron chi connectivity index (χ2n) is 10.2. The summed E-state index contributed by atoms with van der Waals surface area (Å²) < 4.78 is 1.95. The Balaban J connectivity index is 1.21. The molecule has 180 valence electrons. The molecule has 1 amide bonds. The van der Waals surface area contributed by atoms with Gasteiger partial charge in [-0.2, -0.15) is 5.10 Å². The second kappa shape index (κ2) is 9.87. The number of hydrogen-bond donors (Lipinski definition) is 1. The van der Waals surface area contributed by atoms with Crippen molar-refractivity contribution in [3.63, 3.8) is 0 Å². The molecule has 3 aromatic rings. The third kappa shape index (κ3) is 4.61. The van der Waals surface area contributed by atoms with Crippen LogP contribution in [0.2, 0.25) is 0 Å². The SMILES string of the molecule is Cc1nc2c(-c3ccccc3)c(C)nn2c(C)c1CCC(=O)NC[C@@H]1CCN(C2CCCC2)C1. The highest BCUT2D eigenvalue weighted by molar-refractivity contribution is 5.80. The Labute approximate surface area is 202 Å². The first-order valence-electron chi connectivity index (χ1n) is 12.9. The molecular formula is C28H37N5O. The lowest BCUT2D eigenvalue weighted by molar-refractivity contribution is -0.121. The van der Waals surface area contributed by atoms with Crippen molar-refractivity contribution in [2.45, 2.75) is 71.8 Å². The minimum Gasteiger partial charge on any atom is -0.356 e. The zero-order valence-electron chi connectivity index (χ0n) is 20.8. The first kappa shape index (κ1) is 23.0. The molecule has 6 heteroatoms. The van der Waals surface area contributed by atoms with Gasteiger partial charge in [0.05, 0.1) is 5.69 Å². The molecule has 3 heterocycles. The van der Waals surface area contributed by atoms with Gasteiger partial charge in [0.2, 0.25) is 5.91 Å². The smallest absolute Gasteiger partial charge is 0.220 e. The number of nitrogens with one attached hydrogen (secondary N) is 1. The van der Waals surface area contributed by atoms with Crippen LogP contribution in [0.4, 0.5) is 0 Å². The van der Waals surface area contributed by atoms with Gasteiger partial charge in [0.25, 0.3) is 0 Å². The highest BCUT2D eigenvalue weighted by Crippen LogP contribution is 2.30. The summed E-state index contributed by atoms with van der Waals surface area (Å²) in [6, 6.07) is 11.1. The van der Waals surface area contributed by atoms with Crippen molar-refractivity contribution in [3.05, 3.63) is 53.0 Å². The molecule has 1 atom stereocenters. The van der Waals surface area contributed by atoms with Gasteiger partial charge in [0.15, 0.2) is 5.65 Å². The minimum atomic E-state index is 0.139. The van der Waals surface area contributed by atoms with Gasteiger partial charge >= 0.3 is 0 Å². The lowest BCUT2D eigenvalue weighted by Crippen LogP contribution is -2.34. The highest BCUT2D eigenvalue weighted by atomic mass is 16.1. The van der Waals surface area contributed by atoms with Crippen LogP contribution in [0.25, 0.3) is 16.8 Å². The molecular weight excluding hydrogens is 422 g/mol. The van der Waals surface area contributed by atoms with Crippen LogP contribution in [0.5, 0.6) is 0 Å². The van der Waals surface area contributed by atoms with Crippen LogP contribution < -0.4 is 5.32 Å². The number of fused-ring (bicyclic) bond motifs is 1. The van der Waals surface area contributed by atoms with Crippen molar-refractivity contribution in [2.75, 3.05) is 19.6 Å². The summed E-state index contributed by atoms with van der Waals surface area (Å²) >= 11 is 0. The lowest BCUT2D eigenvalue weighted by atomic mass is 10.0. The minimum absolute atomic E-state index is 0.139. The van der Waals surface area contributed by atoms with Gasteiger partial charge in [0, 0.05) is 42.5 Å². The summed E-state index contributed by atoms with van der Waals surface area (Å²) in [4.78, 5) is 20.3. The van der Waals surface area contributed by atoms with E-state index in [0.717, 1.165) is 58.6 Å². The van der Waals surface area contributed by atoms with Crippen molar-refractivity contribution >= 4 is 11.6 Å². The number of nitrogens with zero attached hydrogens (tertiary/aromatic N) is 4. The van der Waals surface area contributed by atoms with E-state index >= 15 is 0 Å². The Kier molecular flexibility index (Phi) is 6.68. The fourth-order valence-corrected chi connectivity index (χ4v) is 5.99. The number of hydrogen-bond acceptors (Lipinski definition) is 4. The molecule has 1 saturated carbocycles. The van der Waals surface area contributed by atoms with E-state index in [0.29, 0.717) is 18.8 Å². The quantitative estimate of drug-likeness (QED) is 0.559. The van der Waals surface area contributed by atoms with E-state index in [4.69, 9.17) is 10.1 Å². The fraction of sp³-hybridized carbons (Fsp3) is 0.536. The van der Waals surface area contributed by atoms with Gasteiger partial charge in [-0.25, -0.2) is 9.50 Å². The third-order valence-corrected chi connectivity index (χ3v) is 7.91. The van der Waals surface area contributed by atoms with Gasteiger partial charge in [-0.3, -0.25) is 4.79 Å². The van der Waals surface area contributed by atoms with Crippen LogP contribution in [0.15, 0.2) is 30.3 Å². The summed E-state index contributed by atoms with van der Waals surface area (Å²) in [5, 5.41) is 8.00. The molecule has 0 spiro atoms. The number of likely N-dealkylation sites (tertiary alicyclic amines) is 1. The Bertz CT molecular complexity index is 1160. The van der Waals surface area contributed by atoms with E-state index in [2.05, 4.69) is 29.3 Å². The van der Waals surface area contributed by atoms with Crippen molar-refractivity contribution in [1.82, 2.24) is 24.8 Å². The number of aromatic nitrogens is 3. The number of carbonyl (C=O) groups is 1.